The van der Waals surface area contributed by atoms with E-state index in [9.17, 15) is 9.59 Å². The summed E-state index contributed by atoms with van der Waals surface area (Å²) in [6, 6.07) is 41.7. The van der Waals surface area contributed by atoms with Crippen LogP contribution in [0.3, 0.4) is 0 Å². The lowest BCUT2D eigenvalue weighted by atomic mass is 9.95. The van der Waals surface area contributed by atoms with Crippen molar-refractivity contribution in [2.75, 3.05) is 4.90 Å². The Kier molecular flexibility index (Phi) is 6.89. The predicted molar refractivity (Wildman–Crippen MR) is 155 cm³/mol. The molecule has 2 heterocycles. The van der Waals surface area contributed by atoms with E-state index in [4.69, 9.17) is 4.74 Å². The van der Waals surface area contributed by atoms with Crippen molar-refractivity contribution in [3.8, 4) is 0 Å². The van der Waals surface area contributed by atoms with Crippen molar-refractivity contribution in [1.82, 2.24) is 0 Å². The molecule has 1 unspecified atom stereocenters. The summed E-state index contributed by atoms with van der Waals surface area (Å²) in [7, 11) is 0. The van der Waals surface area contributed by atoms with Gasteiger partial charge in [-0.05, 0) is 40.3 Å². The van der Waals surface area contributed by atoms with E-state index in [-0.39, 0.29) is 17.4 Å². The molecule has 1 aliphatic heterocycles. The van der Waals surface area contributed by atoms with Gasteiger partial charge in [0.05, 0.1) is 16.5 Å². The zero-order valence-electron chi connectivity index (χ0n) is 21.0. The van der Waals surface area contributed by atoms with Crippen LogP contribution in [0, 0.1) is 0 Å². The third kappa shape index (κ3) is 4.80. The van der Waals surface area contributed by atoms with Gasteiger partial charge >= 0.3 is 0 Å². The lowest BCUT2D eigenvalue weighted by molar-refractivity contribution is -0.118. The number of thiophene rings is 1. The molecule has 39 heavy (non-hydrogen) atoms. The van der Waals surface area contributed by atoms with Crippen molar-refractivity contribution in [3.63, 3.8) is 0 Å². The summed E-state index contributed by atoms with van der Waals surface area (Å²) < 4.78 is 6.70. The molecule has 1 aromatic heterocycles. The molecule has 190 valence electrons. The average Bonchev–Trinajstić information content (AvgIpc) is 3.64. The van der Waals surface area contributed by atoms with Crippen molar-refractivity contribution in [3.05, 3.63) is 172 Å². The molecule has 0 spiro atoms. The Morgan fingerprint density at radius 2 is 1.23 bits per heavy atom. The van der Waals surface area contributed by atoms with Crippen LogP contribution in [-0.4, -0.2) is 11.7 Å². The smallest absolute Gasteiger partial charge is 0.294 e. The van der Waals surface area contributed by atoms with Crippen molar-refractivity contribution < 1.29 is 14.3 Å². The van der Waals surface area contributed by atoms with Gasteiger partial charge in [0.1, 0.15) is 6.10 Å². The number of carbonyl (C=O) groups excluding carboxylic acids is 2. The molecule has 0 radical (unpaired) electrons. The van der Waals surface area contributed by atoms with E-state index in [0.29, 0.717) is 16.1 Å². The van der Waals surface area contributed by atoms with E-state index in [1.165, 1.54) is 11.3 Å². The van der Waals surface area contributed by atoms with Gasteiger partial charge in [-0.15, -0.1) is 11.3 Å². The van der Waals surface area contributed by atoms with Crippen molar-refractivity contribution in [2.45, 2.75) is 12.1 Å². The molecule has 5 aromatic rings. The number of ketones is 1. The maximum Gasteiger partial charge on any atom is 0.294 e. The first-order chi connectivity index (χ1) is 19.2. The number of Topliss-reactive ketones (excluding diaryl/α,β-unsaturated/α-hetero) is 1. The van der Waals surface area contributed by atoms with Gasteiger partial charge in [-0.1, -0.05) is 115 Å². The third-order valence-electron chi connectivity index (χ3n) is 6.77. The average molecular weight is 528 g/mol. The Labute approximate surface area is 231 Å². The Morgan fingerprint density at radius 3 is 1.77 bits per heavy atom. The van der Waals surface area contributed by atoms with E-state index < -0.39 is 12.1 Å². The van der Waals surface area contributed by atoms with Gasteiger partial charge in [-0.2, -0.15) is 0 Å². The minimum atomic E-state index is -0.641. The minimum Gasteiger partial charge on any atom is -0.475 e. The lowest BCUT2D eigenvalue weighted by Crippen LogP contribution is -2.31. The standard InChI is InChI=1S/C34H25NO3S/c36-31(28-22-13-23-39-28)29-30(24-14-5-1-6-15-24)35(27-20-11-4-12-21-27)34(37)33(29)38-32(25-16-7-2-8-17-25)26-18-9-3-10-19-26/h1-23,30,32H. The van der Waals surface area contributed by atoms with Crippen LogP contribution in [-0.2, 0) is 9.53 Å². The van der Waals surface area contributed by atoms with Crippen molar-refractivity contribution in [1.29, 1.82) is 0 Å². The first kappa shape index (κ1) is 24.6. The van der Waals surface area contributed by atoms with E-state index in [2.05, 4.69) is 0 Å². The van der Waals surface area contributed by atoms with E-state index in [0.717, 1.165) is 16.7 Å². The summed E-state index contributed by atoms with van der Waals surface area (Å²) in [5, 5.41) is 1.87. The number of hydrogen-bond donors (Lipinski definition) is 0. The Bertz CT molecular complexity index is 1560. The largest absolute Gasteiger partial charge is 0.475 e. The number of rotatable bonds is 8. The van der Waals surface area contributed by atoms with Crippen LogP contribution in [0.2, 0.25) is 0 Å². The van der Waals surface area contributed by atoms with Crippen LogP contribution < -0.4 is 4.90 Å². The van der Waals surface area contributed by atoms with Crippen LogP contribution in [0.5, 0.6) is 0 Å². The monoisotopic (exact) mass is 527 g/mol. The van der Waals surface area contributed by atoms with E-state index in [1.807, 2.05) is 133 Å². The topological polar surface area (TPSA) is 46.6 Å². The van der Waals surface area contributed by atoms with Crippen molar-refractivity contribution >= 4 is 28.7 Å². The number of amides is 1. The van der Waals surface area contributed by atoms with Gasteiger partial charge < -0.3 is 4.74 Å². The maximum atomic E-state index is 14.4. The molecular formula is C34H25NO3S. The molecule has 1 atom stereocenters. The molecule has 0 aliphatic carbocycles. The number of carbonyl (C=O) groups is 2. The zero-order valence-corrected chi connectivity index (χ0v) is 21.8. The molecule has 0 saturated heterocycles. The lowest BCUT2D eigenvalue weighted by Gasteiger charge is -2.27. The van der Waals surface area contributed by atoms with Gasteiger partial charge in [-0.3, -0.25) is 14.5 Å². The van der Waals surface area contributed by atoms with Crippen LogP contribution in [0.15, 0.2) is 150 Å². The summed E-state index contributed by atoms with van der Waals surface area (Å²) in [6.45, 7) is 0. The third-order valence-corrected chi connectivity index (χ3v) is 7.64. The number of benzene rings is 4. The molecule has 0 fully saturated rings. The minimum absolute atomic E-state index is 0.0730. The van der Waals surface area contributed by atoms with Crippen molar-refractivity contribution in [2.24, 2.45) is 0 Å². The summed E-state index contributed by atoms with van der Waals surface area (Å²) >= 11 is 1.36. The highest BCUT2D eigenvalue weighted by Crippen LogP contribution is 2.45. The number of nitrogens with zero attached hydrogens (tertiary/aromatic N) is 1. The van der Waals surface area contributed by atoms with Gasteiger partial charge in [-0.25, -0.2) is 0 Å². The van der Waals surface area contributed by atoms with E-state index in [1.54, 1.807) is 11.0 Å². The highest BCUT2D eigenvalue weighted by molar-refractivity contribution is 7.12. The quantitative estimate of drug-likeness (QED) is 0.194. The molecule has 0 N–H and O–H groups in total. The predicted octanol–water partition coefficient (Wildman–Crippen LogP) is 7.78. The molecular weight excluding hydrogens is 502 g/mol. The van der Waals surface area contributed by atoms with Crippen LogP contribution >= 0.6 is 11.3 Å². The summed E-state index contributed by atoms with van der Waals surface area (Å²) in [5.41, 5.74) is 3.66. The van der Waals surface area contributed by atoms with Crippen LogP contribution in [0.1, 0.15) is 38.5 Å². The molecule has 1 amide bonds. The Balaban J connectivity index is 1.56. The van der Waals surface area contributed by atoms with Crippen LogP contribution in [0.4, 0.5) is 5.69 Å². The first-order valence-corrected chi connectivity index (χ1v) is 13.6. The fraction of sp³-hybridized carbons (Fsp3) is 0.0588. The van der Waals surface area contributed by atoms with E-state index >= 15 is 0 Å². The number of anilines is 1. The summed E-state index contributed by atoms with van der Waals surface area (Å²) in [6.07, 6.45) is -0.579. The normalized spacial score (nSPS) is 15.2. The highest BCUT2D eigenvalue weighted by atomic mass is 32.1. The second-order valence-corrected chi connectivity index (χ2v) is 10.1. The number of hydrogen-bond acceptors (Lipinski definition) is 4. The second kappa shape index (κ2) is 10.9. The highest BCUT2D eigenvalue weighted by Gasteiger charge is 2.46. The SMILES string of the molecule is O=C(C1=C(OC(c2ccccc2)c2ccccc2)C(=O)N(c2ccccc2)C1c1ccccc1)c1cccs1. The molecule has 4 aromatic carbocycles. The molecule has 6 rings (SSSR count). The fourth-order valence-electron chi connectivity index (χ4n) is 4.98. The Hall–Kier alpha value is -4.74. The van der Waals surface area contributed by atoms with Crippen LogP contribution in [0.25, 0.3) is 0 Å². The van der Waals surface area contributed by atoms with Gasteiger partial charge in [0, 0.05) is 5.69 Å². The number of para-hydroxylation sites is 1. The molecule has 1 aliphatic rings. The first-order valence-electron chi connectivity index (χ1n) is 12.7. The molecule has 4 nitrogen and oxygen atoms in total. The second-order valence-electron chi connectivity index (χ2n) is 9.19. The zero-order chi connectivity index (χ0) is 26.6. The summed E-state index contributed by atoms with van der Waals surface area (Å²) in [5.74, 6) is -0.476. The maximum absolute atomic E-state index is 14.4. The molecule has 0 saturated carbocycles. The van der Waals surface area contributed by atoms with Gasteiger partial charge in [0.2, 0.25) is 5.78 Å². The fourth-order valence-corrected chi connectivity index (χ4v) is 5.66. The van der Waals surface area contributed by atoms with Gasteiger partial charge in [0.15, 0.2) is 5.76 Å². The van der Waals surface area contributed by atoms with Gasteiger partial charge in [0.25, 0.3) is 5.91 Å². The Morgan fingerprint density at radius 1 is 0.692 bits per heavy atom. The molecule has 5 heteroatoms. The molecule has 0 bridgehead atoms. The number of ether oxygens (including phenoxy) is 1. The summed E-state index contributed by atoms with van der Waals surface area (Å²) in [4.78, 5) is 30.8.